The highest BCUT2D eigenvalue weighted by Gasteiger charge is 1.99. The molecule has 3 nitrogen and oxygen atoms in total. The number of carbonyl (C=O) groups excluding carboxylic acids is 1. The van der Waals surface area contributed by atoms with Gasteiger partial charge in [0.1, 0.15) is 0 Å². The van der Waals surface area contributed by atoms with Crippen LogP contribution in [-0.2, 0) is 6.54 Å². The molecule has 0 saturated heterocycles. The number of halogens is 1. The molecule has 0 aliphatic carbocycles. The Hall–Kier alpha value is -1.56. The summed E-state index contributed by atoms with van der Waals surface area (Å²) in [6.45, 7) is 0.757. The second-order valence-corrected chi connectivity index (χ2v) is 5.17. The zero-order chi connectivity index (χ0) is 13.0. The van der Waals surface area contributed by atoms with Gasteiger partial charge in [-0.25, -0.2) is 0 Å². The van der Waals surface area contributed by atoms with E-state index in [1.807, 2.05) is 12.1 Å². The number of nitrogens with two attached hydrogens (primary N) is 1. The van der Waals surface area contributed by atoms with Crippen LogP contribution in [0, 0.1) is 3.57 Å². The molecule has 92 valence electrons. The van der Waals surface area contributed by atoms with Crippen molar-refractivity contribution in [3.8, 4) is 0 Å². The molecular formula is C14H13IN2O. The maximum absolute atomic E-state index is 10.9. The number of hydrogen-bond acceptors (Lipinski definition) is 2. The second-order valence-electron chi connectivity index (χ2n) is 3.92. The summed E-state index contributed by atoms with van der Waals surface area (Å²) in [6, 6.07) is 15.5. The normalized spacial score (nSPS) is 10.1. The van der Waals surface area contributed by atoms with E-state index in [4.69, 9.17) is 5.73 Å². The summed E-state index contributed by atoms with van der Waals surface area (Å²) in [5.74, 6) is -0.404. The molecule has 1 amide bonds. The highest BCUT2D eigenvalue weighted by atomic mass is 127. The molecule has 0 unspecified atom stereocenters. The Kier molecular flexibility index (Phi) is 4.19. The molecule has 0 saturated carbocycles. The summed E-state index contributed by atoms with van der Waals surface area (Å²) in [6.07, 6.45) is 0. The molecule has 0 aromatic heterocycles. The zero-order valence-electron chi connectivity index (χ0n) is 9.69. The fraction of sp³-hybridized carbons (Fsp3) is 0.0714. The van der Waals surface area contributed by atoms with Crippen molar-refractivity contribution in [2.75, 3.05) is 5.32 Å². The molecule has 0 fully saturated rings. The van der Waals surface area contributed by atoms with Crippen LogP contribution in [0.5, 0.6) is 0 Å². The van der Waals surface area contributed by atoms with Gasteiger partial charge in [-0.2, -0.15) is 0 Å². The van der Waals surface area contributed by atoms with E-state index in [-0.39, 0.29) is 0 Å². The first-order valence-electron chi connectivity index (χ1n) is 5.53. The van der Waals surface area contributed by atoms with Gasteiger partial charge in [-0.3, -0.25) is 4.79 Å². The monoisotopic (exact) mass is 352 g/mol. The number of carbonyl (C=O) groups is 1. The number of nitrogens with one attached hydrogen (secondary N) is 1. The van der Waals surface area contributed by atoms with Crippen LogP contribution in [0.15, 0.2) is 48.5 Å². The molecule has 18 heavy (non-hydrogen) atoms. The standard InChI is InChI=1S/C14H13IN2O/c15-12-5-1-10(2-6-12)9-17-13-7-3-11(4-8-13)14(16)18/h1-8,17H,9H2,(H2,16,18). The van der Waals surface area contributed by atoms with Crippen molar-refractivity contribution >= 4 is 34.2 Å². The number of anilines is 1. The Morgan fingerprint density at radius 3 is 2.22 bits per heavy atom. The lowest BCUT2D eigenvalue weighted by molar-refractivity contribution is 0.100. The van der Waals surface area contributed by atoms with Crippen molar-refractivity contribution < 1.29 is 4.79 Å². The number of rotatable bonds is 4. The number of hydrogen-bond donors (Lipinski definition) is 2. The molecular weight excluding hydrogens is 339 g/mol. The van der Waals surface area contributed by atoms with E-state index < -0.39 is 5.91 Å². The van der Waals surface area contributed by atoms with Crippen molar-refractivity contribution in [3.05, 3.63) is 63.2 Å². The van der Waals surface area contributed by atoms with E-state index in [1.165, 1.54) is 9.13 Å². The molecule has 2 aromatic carbocycles. The topological polar surface area (TPSA) is 55.1 Å². The Bertz CT molecular complexity index is 535. The van der Waals surface area contributed by atoms with E-state index in [1.54, 1.807) is 12.1 Å². The van der Waals surface area contributed by atoms with Crippen LogP contribution in [0.2, 0.25) is 0 Å². The van der Waals surface area contributed by atoms with Crippen molar-refractivity contribution in [2.24, 2.45) is 5.73 Å². The minimum atomic E-state index is -0.404. The summed E-state index contributed by atoms with van der Waals surface area (Å²) in [5, 5.41) is 3.29. The molecule has 0 atom stereocenters. The average molecular weight is 352 g/mol. The van der Waals surface area contributed by atoms with Gasteiger partial charge in [0.05, 0.1) is 0 Å². The first-order chi connectivity index (χ1) is 8.65. The highest BCUT2D eigenvalue weighted by Crippen LogP contribution is 2.12. The fourth-order valence-corrected chi connectivity index (χ4v) is 1.92. The first-order valence-corrected chi connectivity index (χ1v) is 6.61. The van der Waals surface area contributed by atoms with E-state index >= 15 is 0 Å². The molecule has 2 rings (SSSR count). The lowest BCUT2D eigenvalue weighted by Gasteiger charge is -2.07. The van der Waals surface area contributed by atoms with Crippen LogP contribution in [0.25, 0.3) is 0 Å². The Morgan fingerprint density at radius 2 is 1.67 bits per heavy atom. The first kappa shape index (κ1) is 12.9. The Balaban J connectivity index is 1.97. The predicted octanol–water partition coefficient (Wildman–Crippen LogP) is 3.00. The zero-order valence-corrected chi connectivity index (χ0v) is 11.8. The second kappa shape index (κ2) is 5.86. The third-order valence-electron chi connectivity index (χ3n) is 2.58. The van der Waals surface area contributed by atoms with Gasteiger partial charge < -0.3 is 11.1 Å². The highest BCUT2D eigenvalue weighted by molar-refractivity contribution is 14.1. The predicted molar refractivity (Wildman–Crippen MR) is 81.4 cm³/mol. The third kappa shape index (κ3) is 3.46. The maximum Gasteiger partial charge on any atom is 0.248 e. The van der Waals surface area contributed by atoms with Gasteiger partial charge in [-0.1, -0.05) is 12.1 Å². The van der Waals surface area contributed by atoms with Gasteiger partial charge in [0, 0.05) is 21.4 Å². The van der Waals surface area contributed by atoms with Crippen molar-refractivity contribution in [2.45, 2.75) is 6.54 Å². The van der Waals surface area contributed by atoms with Crippen LogP contribution in [0.3, 0.4) is 0 Å². The smallest absolute Gasteiger partial charge is 0.248 e. The number of primary amides is 1. The maximum atomic E-state index is 10.9. The van der Waals surface area contributed by atoms with Gasteiger partial charge in [0.15, 0.2) is 0 Å². The van der Waals surface area contributed by atoms with Crippen molar-refractivity contribution in [3.63, 3.8) is 0 Å². The van der Waals surface area contributed by atoms with Gasteiger partial charge in [-0.05, 0) is 64.6 Å². The summed E-state index contributed by atoms with van der Waals surface area (Å²) < 4.78 is 1.22. The summed E-state index contributed by atoms with van der Waals surface area (Å²) in [7, 11) is 0. The van der Waals surface area contributed by atoms with E-state index in [9.17, 15) is 4.79 Å². The molecule has 3 N–H and O–H groups in total. The van der Waals surface area contributed by atoms with Crippen LogP contribution in [-0.4, -0.2) is 5.91 Å². The van der Waals surface area contributed by atoms with Crippen LogP contribution in [0.4, 0.5) is 5.69 Å². The average Bonchev–Trinajstić information content (AvgIpc) is 2.38. The fourth-order valence-electron chi connectivity index (χ4n) is 1.56. The van der Waals surface area contributed by atoms with Crippen molar-refractivity contribution in [1.82, 2.24) is 0 Å². The Labute approximate surface area is 120 Å². The van der Waals surface area contributed by atoms with E-state index in [2.05, 4.69) is 52.2 Å². The lowest BCUT2D eigenvalue weighted by Crippen LogP contribution is -2.10. The molecule has 2 aromatic rings. The summed E-state index contributed by atoms with van der Waals surface area (Å²) in [5.41, 5.74) is 7.89. The largest absolute Gasteiger partial charge is 0.381 e. The lowest BCUT2D eigenvalue weighted by atomic mass is 10.2. The molecule has 0 bridgehead atoms. The molecule has 0 aliphatic rings. The summed E-state index contributed by atoms with van der Waals surface area (Å²) in [4.78, 5) is 10.9. The van der Waals surface area contributed by atoms with Crippen LogP contribution >= 0.6 is 22.6 Å². The summed E-state index contributed by atoms with van der Waals surface area (Å²) >= 11 is 2.28. The van der Waals surface area contributed by atoms with E-state index in [0.717, 1.165) is 12.2 Å². The minimum Gasteiger partial charge on any atom is -0.381 e. The third-order valence-corrected chi connectivity index (χ3v) is 3.30. The molecule has 4 heteroatoms. The van der Waals surface area contributed by atoms with E-state index in [0.29, 0.717) is 5.56 Å². The number of amides is 1. The van der Waals surface area contributed by atoms with Crippen LogP contribution < -0.4 is 11.1 Å². The van der Waals surface area contributed by atoms with Gasteiger partial charge >= 0.3 is 0 Å². The molecule has 0 radical (unpaired) electrons. The van der Waals surface area contributed by atoms with Crippen LogP contribution in [0.1, 0.15) is 15.9 Å². The molecule has 0 aliphatic heterocycles. The molecule has 0 spiro atoms. The Morgan fingerprint density at radius 1 is 1.06 bits per heavy atom. The van der Waals surface area contributed by atoms with Crippen molar-refractivity contribution in [1.29, 1.82) is 0 Å². The molecule has 0 heterocycles. The number of benzene rings is 2. The van der Waals surface area contributed by atoms with Gasteiger partial charge in [0.25, 0.3) is 0 Å². The SMILES string of the molecule is NC(=O)c1ccc(NCc2ccc(I)cc2)cc1. The van der Waals surface area contributed by atoms with Gasteiger partial charge in [-0.15, -0.1) is 0 Å². The minimum absolute atomic E-state index is 0.404. The van der Waals surface area contributed by atoms with Gasteiger partial charge in [0.2, 0.25) is 5.91 Å². The quantitative estimate of drug-likeness (QED) is 0.832.